The maximum atomic E-state index is 13.2. The number of benzene rings is 2. The largest absolute Gasteiger partial charge is 0.497 e. The van der Waals surface area contributed by atoms with Gasteiger partial charge in [-0.3, -0.25) is 19.5 Å². The number of H-pyrrole nitrogens is 1. The number of aromatic amines is 1. The third-order valence-electron chi connectivity index (χ3n) is 5.40. The molecule has 2 amide bonds. The molecule has 0 radical (unpaired) electrons. The third kappa shape index (κ3) is 2.93. The Bertz CT molecular complexity index is 1360. The van der Waals surface area contributed by atoms with Crippen molar-refractivity contribution in [2.24, 2.45) is 0 Å². The molecule has 1 saturated heterocycles. The summed E-state index contributed by atoms with van der Waals surface area (Å²) in [6.45, 7) is 1.68. The van der Waals surface area contributed by atoms with Crippen molar-refractivity contribution < 1.29 is 18.7 Å². The van der Waals surface area contributed by atoms with Crippen molar-refractivity contribution in [3.05, 3.63) is 70.1 Å². The van der Waals surface area contributed by atoms with Gasteiger partial charge in [0, 0.05) is 18.2 Å². The number of nitrogens with zero attached hydrogens (tertiary/aromatic N) is 3. The summed E-state index contributed by atoms with van der Waals surface area (Å²) in [6, 6.07) is 13.9. The summed E-state index contributed by atoms with van der Waals surface area (Å²) in [4.78, 5) is 44.5. The highest BCUT2D eigenvalue weighted by molar-refractivity contribution is 6.22. The van der Waals surface area contributed by atoms with Gasteiger partial charge in [0.15, 0.2) is 5.58 Å². The summed E-state index contributed by atoms with van der Waals surface area (Å²) in [5, 5.41) is 2.92. The fourth-order valence-electron chi connectivity index (χ4n) is 3.94. The number of hydrogen-bond donors (Lipinski definition) is 1. The normalized spacial score (nSPS) is 16.5. The number of carbonyl (C=O) groups excluding carboxylic acids is 2. The smallest absolute Gasteiger partial charge is 0.325 e. The van der Waals surface area contributed by atoms with E-state index in [1.165, 1.54) is 7.11 Å². The van der Waals surface area contributed by atoms with Gasteiger partial charge in [-0.25, -0.2) is 4.90 Å². The third-order valence-corrected chi connectivity index (χ3v) is 5.40. The van der Waals surface area contributed by atoms with Crippen LogP contribution in [0.15, 0.2) is 57.7 Å². The molecular formula is C22H18N4O5. The minimum atomic E-state index is -0.895. The molecule has 2 aromatic carbocycles. The van der Waals surface area contributed by atoms with Crippen molar-refractivity contribution in [1.82, 2.24) is 14.8 Å². The second kappa shape index (κ2) is 6.98. The van der Waals surface area contributed by atoms with Gasteiger partial charge in [-0.2, -0.15) is 9.67 Å². The standard InChI is InChI=1S/C22H18N4O5/c1-12-19(21(29)26(24-12)22-23-16-8-3-4-9-17(16)31-22)15-11-18(27)25(20(15)28)13-6-5-7-14(10-13)30-2/h3-10,15,24H,11H2,1-2H3. The molecule has 0 saturated carbocycles. The molecule has 0 spiro atoms. The van der Waals surface area contributed by atoms with Crippen molar-refractivity contribution >= 4 is 28.6 Å². The molecular weight excluding hydrogens is 400 g/mol. The molecule has 1 atom stereocenters. The number of hydrogen-bond acceptors (Lipinski definition) is 6. The predicted molar refractivity (Wildman–Crippen MR) is 112 cm³/mol. The number of amides is 2. The first-order valence-corrected chi connectivity index (χ1v) is 9.66. The summed E-state index contributed by atoms with van der Waals surface area (Å²) in [5.74, 6) is -1.20. The molecule has 1 N–H and O–H groups in total. The Morgan fingerprint density at radius 1 is 1.13 bits per heavy atom. The Balaban J connectivity index is 1.54. The maximum absolute atomic E-state index is 13.2. The molecule has 31 heavy (non-hydrogen) atoms. The van der Waals surface area contributed by atoms with E-state index in [1.807, 2.05) is 6.07 Å². The van der Waals surface area contributed by atoms with Crippen LogP contribution in [-0.4, -0.2) is 33.7 Å². The number of ether oxygens (including phenoxy) is 1. The lowest BCUT2D eigenvalue weighted by Crippen LogP contribution is -2.31. The second-order valence-corrected chi connectivity index (χ2v) is 7.28. The molecule has 4 aromatic rings. The van der Waals surface area contributed by atoms with Crippen LogP contribution in [0, 0.1) is 6.92 Å². The molecule has 9 nitrogen and oxygen atoms in total. The maximum Gasteiger partial charge on any atom is 0.325 e. The summed E-state index contributed by atoms with van der Waals surface area (Å²) < 4.78 is 12.0. The van der Waals surface area contributed by atoms with Gasteiger partial charge in [-0.15, -0.1) is 0 Å². The molecule has 1 aliphatic rings. The Labute approximate surface area is 175 Å². The molecule has 1 unspecified atom stereocenters. The average Bonchev–Trinajstić information content (AvgIpc) is 3.41. The van der Waals surface area contributed by atoms with E-state index in [0.29, 0.717) is 28.2 Å². The monoisotopic (exact) mass is 418 g/mol. The topological polar surface area (TPSA) is 110 Å². The molecule has 0 aliphatic carbocycles. The van der Waals surface area contributed by atoms with Crippen molar-refractivity contribution in [2.75, 3.05) is 12.0 Å². The Kier molecular flexibility index (Phi) is 4.25. The van der Waals surface area contributed by atoms with Crippen LogP contribution in [0.4, 0.5) is 5.69 Å². The molecule has 1 fully saturated rings. The zero-order valence-electron chi connectivity index (χ0n) is 16.8. The number of aromatic nitrogens is 3. The highest BCUT2D eigenvalue weighted by Gasteiger charge is 2.43. The van der Waals surface area contributed by atoms with Crippen LogP contribution in [0.2, 0.25) is 0 Å². The number of methoxy groups -OCH3 is 1. The second-order valence-electron chi connectivity index (χ2n) is 7.28. The van der Waals surface area contributed by atoms with Gasteiger partial charge in [-0.05, 0) is 31.2 Å². The molecule has 156 valence electrons. The number of nitrogens with one attached hydrogen (secondary N) is 1. The summed E-state index contributed by atoms with van der Waals surface area (Å²) in [7, 11) is 1.51. The van der Waals surface area contributed by atoms with Crippen LogP contribution >= 0.6 is 0 Å². The number of aryl methyl sites for hydroxylation is 1. The van der Waals surface area contributed by atoms with Gasteiger partial charge in [0.25, 0.3) is 5.56 Å². The van der Waals surface area contributed by atoms with Crippen LogP contribution in [0.5, 0.6) is 5.75 Å². The van der Waals surface area contributed by atoms with Gasteiger partial charge in [-0.1, -0.05) is 18.2 Å². The van der Waals surface area contributed by atoms with Crippen LogP contribution < -0.4 is 15.2 Å². The van der Waals surface area contributed by atoms with E-state index < -0.39 is 17.4 Å². The van der Waals surface area contributed by atoms with Gasteiger partial charge in [0.05, 0.1) is 24.3 Å². The minimum Gasteiger partial charge on any atom is -0.497 e. The van der Waals surface area contributed by atoms with E-state index in [-0.39, 0.29) is 23.9 Å². The number of anilines is 1. The van der Waals surface area contributed by atoms with Gasteiger partial charge >= 0.3 is 6.01 Å². The number of carbonyl (C=O) groups is 2. The van der Waals surface area contributed by atoms with Crippen molar-refractivity contribution in [3.63, 3.8) is 0 Å². The zero-order valence-corrected chi connectivity index (χ0v) is 16.8. The average molecular weight is 418 g/mol. The van der Waals surface area contributed by atoms with Gasteiger partial charge in [0.2, 0.25) is 11.8 Å². The number of imide groups is 1. The lowest BCUT2D eigenvalue weighted by Gasteiger charge is -2.15. The predicted octanol–water partition coefficient (Wildman–Crippen LogP) is 2.67. The van der Waals surface area contributed by atoms with Crippen molar-refractivity contribution in [3.8, 4) is 11.8 Å². The fourth-order valence-corrected chi connectivity index (χ4v) is 3.94. The Morgan fingerprint density at radius 2 is 1.94 bits per heavy atom. The lowest BCUT2D eigenvalue weighted by molar-refractivity contribution is -0.121. The highest BCUT2D eigenvalue weighted by atomic mass is 16.5. The van der Waals surface area contributed by atoms with E-state index in [9.17, 15) is 14.4 Å². The Hall–Kier alpha value is -4.14. The summed E-state index contributed by atoms with van der Waals surface area (Å²) in [6.07, 6.45) is -0.0997. The van der Waals surface area contributed by atoms with Crippen LogP contribution in [-0.2, 0) is 9.59 Å². The van der Waals surface area contributed by atoms with Gasteiger partial charge in [0.1, 0.15) is 11.3 Å². The van der Waals surface area contributed by atoms with Gasteiger partial charge < -0.3 is 9.15 Å². The van der Waals surface area contributed by atoms with E-state index in [2.05, 4.69) is 10.1 Å². The Morgan fingerprint density at radius 3 is 2.71 bits per heavy atom. The molecule has 1 aliphatic heterocycles. The molecule has 9 heteroatoms. The highest BCUT2D eigenvalue weighted by Crippen LogP contribution is 2.34. The minimum absolute atomic E-state index is 0.0713. The van der Waals surface area contributed by atoms with E-state index in [1.54, 1.807) is 49.4 Å². The van der Waals surface area contributed by atoms with Crippen LogP contribution in [0.3, 0.4) is 0 Å². The SMILES string of the molecule is COc1cccc(N2C(=O)CC(c3c(C)[nH]n(-c4nc5ccccc5o4)c3=O)C2=O)c1. The number of fused-ring (bicyclic) bond motifs is 1. The number of para-hydroxylation sites is 2. The summed E-state index contributed by atoms with van der Waals surface area (Å²) >= 11 is 0. The van der Waals surface area contributed by atoms with Crippen LogP contribution in [0.1, 0.15) is 23.6 Å². The quantitative estimate of drug-likeness (QED) is 0.510. The molecule has 2 aromatic heterocycles. The first kappa shape index (κ1) is 18.9. The fraction of sp³-hybridized carbons (Fsp3) is 0.182. The number of oxazole rings is 1. The first-order valence-electron chi connectivity index (χ1n) is 9.66. The van der Waals surface area contributed by atoms with Crippen LogP contribution in [0.25, 0.3) is 17.1 Å². The molecule has 5 rings (SSSR count). The van der Waals surface area contributed by atoms with E-state index >= 15 is 0 Å². The lowest BCUT2D eigenvalue weighted by atomic mass is 9.98. The van der Waals surface area contributed by atoms with E-state index in [0.717, 1.165) is 9.58 Å². The first-order chi connectivity index (χ1) is 15.0. The molecule has 3 heterocycles. The van der Waals surface area contributed by atoms with E-state index in [4.69, 9.17) is 9.15 Å². The zero-order chi connectivity index (χ0) is 21.7. The summed E-state index contributed by atoms with van der Waals surface area (Å²) in [5.41, 5.74) is 1.79. The molecule has 0 bridgehead atoms. The van der Waals surface area contributed by atoms with Crippen molar-refractivity contribution in [2.45, 2.75) is 19.3 Å². The van der Waals surface area contributed by atoms with Crippen molar-refractivity contribution in [1.29, 1.82) is 0 Å². The number of rotatable bonds is 4.